The van der Waals surface area contributed by atoms with Crippen molar-refractivity contribution >= 4 is 5.91 Å². The molecular weight excluding hydrogens is 204 g/mol. The van der Waals surface area contributed by atoms with E-state index in [2.05, 4.69) is 12.2 Å². The standard InChI is InChI=1S/C12H24N2O2/c1-9-4-6-12(16,7-5-9)8-14-10(15)11(2,3)13/h9,16H,4-8,13H2,1-3H3,(H,14,15). The lowest BCUT2D eigenvalue weighted by Crippen LogP contribution is -2.53. The molecule has 0 aromatic carbocycles. The van der Waals surface area contributed by atoms with E-state index in [4.69, 9.17) is 5.73 Å². The SMILES string of the molecule is CC1CCC(O)(CNC(=O)C(C)(C)N)CC1. The third kappa shape index (κ3) is 3.76. The average molecular weight is 228 g/mol. The van der Waals surface area contributed by atoms with Gasteiger partial charge in [0.1, 0.15) is 0 Å². The molecule has 1 saturated carbocycles. The molecule has 0 heterocycles. The highest BCUT2D eigenvalue weighted by atomic mass is 16.3. The van der Waals surface area contributed by atoms with Gasteiger partial charge in [-0.3, -0.25) is 4.79 Å². The van der Waals surface area contributed by atoms with E-state index >= 15 is 0 Å². The molecular formula is C12H24N2O2. The number of aliphatic hydroxyl groups is 1. The number of amides is 1. The van der Waals surface area contributed by atoms with Gasteiger partial charge >= 0.3 is 0 Å². The van der Waals surface area contributed by atoms with Crippen LogP contribution in [0.4, 0.5) is 0 Å². The molecule has 1 amide bonds. The Balaban J connectivity index is 2.40. The maximum atomic E-state index is 11.6. The van der Waals surface area contributed by atoms with Crippen molar-refractivity contribution in [3.63, 3.8) is 0 Å². The maximum Gasteiger partial charge on any atom is 0.239 e. The molecule has 0 saturated heterocycles. The van der Waals surface area contributed by atoms with Gasteiger partial charge in [0, 0.05) is 6.54 Å². The van der Waals surface area contributed by atoms with Gasteiger partial charge in [0.15, 0.2) is 0 Å². The van der Waals surface area contributed by atoms with E-state index in [1.54, 1.807) is 13.8 Å². The number of nitrogens with two attached hydrogens (primary N) is 1. The number of carbonyl (C=O) groups excluding carboxylic acids is 1. The number of carbonyl (C=O) groups is 1. The predicted octanol–water partition coefficient (Wildman–Crippen LogP) is 0.781. The molecule has 0 atom stereocenters. The van der Waals surface area contributed by atoms with Crippen molar-refractivity contribution in [3.8, 4) is 0 Å². The first-order valence-corrected chi connectivity index (χ1v) is 6.02. The largest absolute Gasteiger partial charge is 0.388 e. The fraction of sp³-hybridized carbons (Fsp3) is 0.917. The topological polar surface area (TPSA) is 75.3 Å². The fourth-order valence-corrected chi connectivity index (χ4v) is 1.95. The van der Waals surface area contributed by atoms with Gasteiger partial charge in [0.25, 0.3) is 0 Å². The molecule has 4 nitrogen and oxygen atoms in total. The van der Waals surface area contributed by atoms with Crippen molar-refractivity contribution in [1.82, 2.24) is 5.32 Å². The van der Waals surface area contributed by atoms with Crippen molar-refractivity contribution in [2.45, 2.75) is 57.6 Å². The minimum atomic E-state index is -0.877. The highest BCUT2D eigenvalue weighted by Gasteiger charge is 2.33. The summed E-state index contributed by atoms with van der Waals surface area (Å²) in [7, 11) is 0. The van der Waals surface area contributed by atoms with E-state index in [9.17, 15) is 9.90 Å². The van der Waals surface area contributed by atoms with Crippen LogP contribution in [0.5, 0.6) is 0 Å². The van der Waals surface area contributed by atoms with Crippen molar-refractivity contribution in [2.24, 2.45) is 11.7 Å². The summed E-state index contributed by atoms with van der Waals surface area (Å²) in [5.41, 5.74) is 4.06. The van der Waals surface area contributed by atoms with Crippen LogP contribution < -0.4 is 11.1 Å². The van der Waals surface area contributed by atoms with Gasteiger partial charge in [-0.15, -0.1) is 0 Å². The van der Waals surface area contributed by atoms with Crippen molar-refractivity contribution in [3.05, 3.63) is 0 Å². The quantitative estimate of drug-likeness (QED) is 0.668. The highest BCUT2D eigenvalue weighted by molar-refractivity contribution is 5.85. The Labute approximate surface area is 97.6 Å². The Morgan fingerprint density at radius 3 is 2.44 bits per heavy atom. The Morgan fingerprint density at radius 2 is 2.00 bits per heavy atom. The first-order valence-electron chi connectivity index (χ1n) is 6.02. The van der Waals surface area contributed by atoms with Crippen molar-refractivity contribution in [2.75, 3.05) is 6.54 Å². The molecule has 0 aromatic rings. The summed E-state index contributed by atoms with van der Waals surface area (Å²) in [4.78, 5) is 11.6. The van der Waals surface area contributed by atoms with E-state index in [0.29, 0.717) is 12.5 Å². The van der Waals surface area contributed by atoms with E-state index in [0.717, 1.165) is 25.7 Å². The fourth-order valence-electron chi connectivity index (χ4n) is 1.95. The van der Waals surface area contributed by atoms with Crippen LogP contribution in [0.2, 0.25) is 0 Å². The average Bonchev–Trinajstić information content (AvgIpc) is 2.18. The van der Waals surface area contributed by atoms with E-state index < -0.39 is 11.1 Å². The third-order valence-electron chi connectivity index (χ3n) is 3.37. The second-order valence-electron chi connectivity index (χ2n) is 5.81. The summed E-state index contributed by atoms with van der Waals surface area (Å²) in [6.45, 7) is 5.84. The molecule has 0 radical (unpaired) electrons. The second kappa shape index (κ2) is 4.72. The molecule has 0 aromatic heterocycles. The summed E-state index contributed by atoms with van der Waals surface area (Å²) in [6.07, 6.45) is 3.58. The smallest absolute Gasteiger partial charge is 0.239 e. The Bertz CT molecular complexity index is 250. The number of hydrogen-bond acceptors (Lipinski definition) is 3. The van der Waals surface area contributed by atoms with Crippen LogP contribution in [-0.4, -0.2) is 28.7 Å². The van der Waals surface area contributed by atoms with Gasteiger partial charge in [0.05, 0.1) is 11.1 Å². The zero-order valence-electron chi connectivity index (χ0n) is 10.5. The van der Waals surface area contributed by atoms with Gasteiger partial charge in [-0.1, -0.05) is 6.92 Å². The highest BCUT2D eigenvalue weighted by Crippen LogP contribution is 2.31. The Morgan fingerprint density at radius 1 is 1.50 bits per heavy atom. The molecule has 94 valence electrons. The number of nitrogens with one attached hydrogen (secondary N) is 1. The first kappa shape index (κ1) is 13.5. The third-order valence-corrected chi connectivity index (χ3v) is 3.37. The van der Waals surface area contributed by atoms with Crippen LogP contribution in [0.1, 0.15) is 46.5 Å². The van der Waals surface area contributed by atoms with Gasteiger partial charge in [-0.25, -0.2) is 0 Å². The monoisotopic (exact) mass is 228 g/mol. The van der Waals surface area contributed by atoms with E-state index in [-0.39, 0.29) is 5.91 Å². The van der Waals surface area contributed by atoms with Crippen LogP contribution in [-0.2, 0) is 4.79 Å². The zero-order chi connectivity index (χ0) is 12.4. The molecule has 0 bridgehead atoms. The molecule has 1 rings (SSSR count). The van der Waals surface area contributed by atoms with Crippen LogP contribution in [0, 0.1) is 5.92 Å². The summed E-state index contributed by atoms with van der Waals surface area (Å²) >= 11 is 0. The molecule has 1 aliphatic carbocycles. The lowest BCUT2D eigenvalue weighted by molar-refractivity contribution is -0.127. The lowest BCUT2D eigenvalue weighted by Gasteiger charge is -2.35. The van der Waals surface area contributed by atoms with Crippen molar-refractivity contribution < 1.29 is 9.90 Å². The van der Waals surface area contributed by atoms with Crippen LogP contribution in [0.15, 0.2) is 0 Å². The first-order chi connectivity index (χ1) is 7.23. The van der Waals surface area contributed by atoms with Gasteiger partial charge in [-0.05, 0) is 45.4 Å². The number of hydrogen-bond donors (Lipinski definition) is 3. The minimum absolute atomic E-state index is 0.209. The molecule has 4 heteroatoms. The Hall–Kier alpha value is -0.610. The second-order valence-corrected chi connectivity index (χ2v) is 5.81. The zero-order valence-corrected chi connectivity index (χ0v) is 10.5. The summed E-state index contributed by atoms with van der Waals surface area (Å²) in [5.74, 6) is 0.474. The van der Waals surface area contributed by atoms with Crippen LogP contribution >= 0.6 is 0 Å². The molecule has 0 spiro atoms. The van der Waals surface area contributed by atoms with Crippen LogP contribution in [0.25, 0.3) is 0 Å². The maximum absolute atomic E-state index is 11.6. The van der Waals surface area contributed by atoms with Gasteiger partial charge in [0.2, 0.25) is 5.91 Å². The molecule has 16 heavy (non-hydrogen) atoms. The van der Waals surface area contributed by atoms with E-state index in [1.807, 2.05) is 0 Å². The molecule has 1 fully saturated rings. The van der Waals surface area contributed by atoms with Crippen molar-refractivity contribution in [1.29, 1.82) is 0 Å². The normalized spacial score (nSPS) is 31.2. The van der Waals surface area contributed by atoms with E-state index in [1.165, 1.54) is 0 Å². The summed E-state index contributed by atoms with van der Waals surface area (Å²) in [5, 5.41) is 13.0. The molecule has 0 aliphatic heterocycles. The molecule has 4 N–H and O–H groups in total. The minimum Gasteiger partial charge on any atom is -0.388 e. The lowest BCUT2D eigenvalue weighted by atomic mass is 9.79. The molecule has 0 unspecified atom stereocenters. The summed E-state index contributed by atoms with van der Waals surface area (Å²) < 4.78 is 0. The van der Waals surface area contributed by atoms with Gasteiger partial charge < -0.3 is 16.2 Å². The van der Waals surface area contributed by atoms with Gasteiger partial charge in [-0.2, -0.15) is 0 Å². The molecule has 1 aliphatic rings. The predicted molar refractivity (Wildman–Crippen MR) is 63.9 cm³/mol. The summed E-state index contributed by atoms with van der Waals surface area (Å²) in [6, 6.07) is 0. The number of rotatable bonds is 3. The Kier molecular flexibility index (Phi) is 3.97. The van der Waals surface area contributed by atoms with Crippen LogP contribution in [0.3, 0.4) is 0 Å².